The molecule has 3 heterocycles. The molecule has 0 aromatic carbocycles. The van der Waals surface area contributed by atoms with Crippen LogP contribution >= 0.6 is 0 Å². The molecule has 23 heavy (non-hydrogen) atoms. The van der Waals surface area contributed by atoms with Gasteiger partial charge in [0, 0.05) is 30.6 Å². The molecule has 4 heteroatoms. The number of aromatic nitrogens is 2. The third kappa shape index (κ3) is 2.81. The Hall–Kier alpha value is -1.32. The van der Waals surface area contributed by atoms with Crippen LogP contribution in [-0.4, -0.2) is 29.1 Å². The van der Waals surface area contributed by atoms with Crippen molar-refractivity contribution in [2.24, 2.45) is 11.8 Å². The molecule has 0 radical (unpaired) electrons. The minimum absolute atomic E-state index is 0.623. The minimum Gasteiger partial charge on any atom is -0.367 e. The van der Waals surface area contributed by atoms with Gasteiger partial charge >= 0.3 is 0 Å². The van der Waals surface area contributed by atoms with Crippen molar-refractivity contribution < 1.29 is 0 Å². The summed E-state index contributed by atoms with van der Waals surface area (Å²) in [7, 11) is 0. The predicted octanol–water partition coefficient (Wildman–Crippen LogP) is 3.86. The Labute approximate surface area is 139 Å². The van der Waals surface area contributed by atoms with Crippen molar-refractivity contribution in [3.05, 3.63) is 11.4 Å². The molecule has 0 unspecified atom stereocenters. The van der Waals surface area contributed by atoms with Crippen LogP contribution < -0.4 is 10.2 Å². The molecular formula is C19H28N4. The monoisotopic (exact) mass is 312 g/mol. The number of fused-ring (bicyclic) bond motifs is 4. The zero-order valence-corrected chi connectivity index (χ0v) is 14.2. The zero-order chi connectivity index (χ0) is 15.4. The number of nitrogens with zero attached hydrogens (tertiary/aromatic N) is 3. The summed E-state index contributed by atoms with van der Waals surface area (Å²) in [4.78, 5) is 12.6. The maximum Gasteiger partial charge on any atom is 0.137 e. The first-order valence-corrected chi connectivity index (χ1v) is 9.66. The van der Waals surface area contributed by atoms with E-state index >= 15 is 0 Å². The molecule has 4 nitrogen and oxygen atoms in total. The Bertz CT molecular complexity index is 584. The standard InChI is InChI=1S/C19H28N4/c1-12-17(20-16-8-9-16)21-18(15-6-7-15)22-19(12)23-10-13-2-3-14(11-23)5-4-13/h13-16H,2-11H2,1H3,(H,20,21,22). The van der Waals surface area contributed by atoms with Crippen molar-refractivity contribution >= 4 is 11.6 Å². The molecule has 6 rings (SSSR count). The fraction of sp³-hybridized carbons (Fsp3) is 0.789. The Balaban J connectivity index is 1.50. The molecule has 2 saturated heterocycles. The van der Waals surface area contributed by atoms with E-state index in [9.17, 15) is 0 Å². The van der Waals surface area contributed by atoms with Gasteiger partial charge in [0.25, 0.3) is 0 Å². The van der Waals surface area contributed by atoms with E-state index < -0.39 is 0 Å². The molecule has 3 saturated carbocycles. The van der Waals surface area contributed by atoms with E-state index in [1.807, 2.05) is 0 Å². The molecule has 1 aromatic rings. The lowest BCUT2D eigenvalue weighted by Crippen LogP contribution is -2.30. The summed E-state index contributed by atoms with van der Waals surface area (Å²) >= 11 is 0. The Morgan fingerprint density at radius 2 is 1.52 bits per heavy atom. The van der Waals surface area contributed by atoms with Crippen LogP contribution in [0.25, 0.3) is 0 Å². The highest BCUT2D eigenvalue weighted by atomic mass is 15.2. The minimum atomic E-state index is 0.623. The van der Waals surface area contributed by atoms with Crippen molar-refractivity contribution in [2.45, 2.75) is 70.3 Å². The summed E-state index contributed by atoms with van der Waals surface area (Å²) in [6.45, 7) is 4.65. The lowest BCUT2D eigenvalue weighted by atomic mass is 9.84. The second-order valence-corrected chi connectivity index (χ2v) is 8.36. The van der Waals surface area contributed by atoms with Crippen molar-refractivity contribution in [2.75, 3.05) is 23.3 Å². The van der Waals surface area contributed by atoms with Gasteiger partial charge in [0.1, 0.15) is 17.5 Å². The molecule has 0 spiro atoms. The quantitative estimate of drug-likeness (QED) is 0.916. The van der Waals surface area contributed by atoms with Crippen LogP contribution in [-0.2, 0) is 0 Å². The molecule has 5 fully saturated rings. The van der Waals surface area contributed by atoms with Gasteiger partial charge in [0.05, 0.1) is 0 Å². The Morgan fingerprint density at radius 3 is 2.09 bits per heavy atom. The largest absolute Gasteiger partial charge is 0.367 e. The molecule has 5 aliphatic rings. The second kappa shape index (κ2) is 5.35. The topological polar surface area (TPSA) is 41.1 Å². The van der Waals surface area contributed by atoms with Crippen LogP contribution in [0.4, 0.5) is 11.6 Å². The van der Waals surface area contributed by atoms with Crippen molar-refractivity contribution in [3.8, 4) is 0 Å². The van der Waals surface area contributed by atoms with Crippen LogP contribution in [0.1, 0.15) is 68.7 Å². The van der Waals surface area contributed by atoms with E-state index in [1.165, 1.54) is 75.8 Å². The van der Waals surface area contributed by atoms with E-state index in [1.54, 1.807) is 0 Å². The molecule has 2 bridgehead atoms. The molecule has 3 aliphatic carbocycles. The normalized spacial score (nSPS) is 30.4. The highest BCUT2D eigenvalue weighted by molar-refractivity contribution is 5.60. The number of hydrogen-bond acceptors (Lipinski definition) is 4. The van der Waals surface area contributed by atoms with Gasteiger partial charge in [-0.05, 0) is 70.1 Å². The van der Waals surface area contributed by atoms with E-state index in [0.717, 1.165) is 23.5 Å². The molecule has 124 valence electrons. The average molecular weight is 312 g/mol. The number of rotatable bonds is 4. The Kier molecular flexibility index (Phi) is 3.27. The van der Waals surface area contributed by atoms with Gasteiger partial charge in [-0.1, -0.05) is 0 Å². The van der Waals surface area contributed by atoms with Gasteiger partial charge in [0.15, 0.2) is 0 Å². The number of nitrogens with one attached hydrogen (secondary N) is 1. The lowest BCUT2D eigenvalue weighted by Gasteiger charge is -2.27. The molecular weight excluding hydrogens is 284 g/mol. The third-order valence-corrected chi connectivity index (χ3v) is 6.22. The van der Waals surface area contributed by atoms with Gasteiger partial charge in [0.2, 0.25) is 0 Å². The summed E-state index contributed by atoms with van der Waals surface area (Å²) < 4.78 is 0. The van der Waals surface area contributed by atoms with E-state index in [-0.39, 0.29) is 0 Å². The van der Waals surface area contributed by atoms with Crippen LogP contribution in [0.5, 0.6) is 0 Å². The fourth-order valence-electron chi connectivity index (χ4n) is 4.38. The summed E-state index contributed by atoms with van der Waals surface area (Å²) in [5.41, 5.74) is 1.28. The van der Waals surface area contributed by atoms with Crippen LogP contribution in [0.3, 0.4) is 0 Å². The molecule has 0 amide bonds. The smallest absolute Gasteiger partial charge is 0.137 e. The van der Waals surface area contributed by atoms with Crippen molar-refractivity contribution in [3.63, 3.8) is 0 Å². The van der Waals surface area contributed by atoms with E-state index in [4.69, 9.17) is 9.97 Å². The SMILES string of the molecule is Cc1c(NC2CC2)nc(C2CC2)nc1N1CC2CCC(CC2)C1. The average Bonchev–Trinajstić information content (AvgIpc) is 3.41. The van der Waals surface area contributed by atoms with Crippen LogP contribution in [0.15, 0.2) is 0 Å². The van der Waals surface area contributed by atoms with Gasteiger partial charge in [-0.3, -0.25) is 0 Å². The van der Waals surface area contributed by atoms with Gasteiger partial charge in [-0.25, -0.2) is 9.97 Å². The van der Waals surface area contributed by atoms with Gasteiger partial charge in [-0.15, -0.1) is 0 Å². The summed E-state index contributed by atoms with van der Waals surface area (Å²) in [6.07, 6.45) is 10.8. The molecule has 1 N–H and O–H groups in total. The van der Waals surface area contributed by atoms with Gasteiger partial charge < -0.3 is 10.2 Å². The van der Waals surface area contributed by atoms with Crippen LogP contribution in [0.2, 0.25) is 0 Å². The molecule has 1 aromatic heterocycles. The zero-order valence-electron chi connectivity index (χ0n) is 14.2. The highest BCUT2D eigenvalue weighted by Gasteiger charge is 2.34. The van der Waals surface area contributed by atoms with E-state index in [2.05, 4.69) is 17.1 Å². The second-order valence-electron chi connectivity index (χ2n) is 8.36. The maximum absolute atomic E-state index is 5.06. The number of hydrogen-bond donors (Lipinski definition) is 1. The van der Waals surface area contributed by atoms with Gasteiger partial charge in [-0.2, -0.15) is 0 Å². The van der Waals surface area contributed by atoms with Crippen LogP contribution in [0, 0.1) is 18.8 Å². The summed E-state index contributed by atoms with van der Waals surface area (Å²) in [5.74, 6) is 5.85. The van der Waals surface area contributed by atoms with Crippen molar-refractivity contribution in [1.82, 2.24) is 9.97 Å². The lowest BCUT2D eigenvalue weighted by molar-refractivity contribution is 0.326. The highest BCUT2D eigenvalue weighted by Crippen LogP contribution is 2.42. The summed E-state index contributed by atoms with van der Waals surface area (Å²) in [6, 6.07) is 0.656. The first kappa shape index (κ1) is 14.1. The number of anilines is 2. The molecule has 2 aliphatic heterocycles. The van der Waals surface area contributed by atoms with E-state index in [0.29, 0.717) is 12.0 Å². The maximum atomic E-state index is 5.06. The first-order chi connectivity index (χ1) is 11.3. The molecule has 0 atom stereocenters. The first-order valence-electron chi connectivity index (χ1n) is 9.66. The van der Waals surface area contributed by atoms with Crippen molar-refractivity contribution in [1.29, 1.82) is 0 Å². The fourth-order valence-corrected chi connectivity index (χ4v) is 4.38. The summed E-state index contributed by atoms with van der Waals surface area (Å²) in [5, 5.41) is 3.66. The Morgan fingerprint density at radius 1 is 0.870 bits per heavy atom. The predicted molar refractivity (Wildman–Crippen MR) is 93.0 cm³/mol. The third-order valence-electron chi connectivity index (χ3n) is 6.22.